The van der Waals surface area contributed by atoms with E-state index in [0.717, 1.165) is 12.0 Å². The molecule has 0 unspecified atom stereocenters. The molecule has 0 amide bonds. The first-order valence-corrected chi connectivity index (χ1v) is 4.85. The molecule has 0 aliphatic rings. The SMILES string of the molecule is Fc1ccc(Cc2cc[c]s2)cc1. The van der Waals surface area contributed by atoms with Crippen molar-refractivity contribution in [1.82, 2.24) is 0 Å². The summed E-state index contributed by atoms with van der Waals surface area (Å²) in [4.78, 5) is 1.26. The predicted molar refractivity (Wildman–Crippen MR) is 52.4 cm³/mol. The Kier molecular flexibility index (Phi) is 2.41. The van der Waals surface area contributed by atoms with Crippen molar-refractivity contribution in [1.29, 1.82) is 0 Å². The van der Waals surface area contributed by atoms with E-state index in [1.807, 2.05) is 24.3 Å². The minimum absolute atomic E-state index is 0.179. The summed E-state index contributed by atoms with van der Waals surface area (Å²) in [5.74, 6) is -0.179. The first-order valence-electron chi connectivity index (χ1n) is 4.04. The van der Waals surface area contributed by atoms with Gasteiger partial charge in [0.05, 0.1) is 0 Å². The molecule has 0 spiro atoms. The van der Waals surface area contributed by atoms with Crippen LogP contribution >= 0.6 is 11.3 Å². The standard InChI is InChI=1S/C11H8FS/c12-10-5-3-9(4-6-10)8-11-2-1-7-13-11/h1-6H,8H2. The molecule has 13 heavy (non-hydrogen) atoms. The third-order valence-electron chi connectivity index (χ3n) is 1.82. The second-order valence-corrected chi connectivity index (χ2v) is 3.79. The molecular weight excluding hydrogens is 183 g/mol. The van der Waals surface area contributed by atoms with E-state index >= 15 is 0 Å². The molecule has 1 radical (unpaired) electrons. The van der Waals surface area contributed by atoms with Gasteiger partial charge in [0.25, 0.3) is 0 Å². The van der Waals surface area contributed by atoms with E-state index in [0.29, 0.717) is 0 Å². The molecule has 0 atom stereocenters. The molecule has 0 fully saturated rings. The third kappa shape index (κ3) is 2.16. The first-order chi connectivity index (χ1) is 6.34. The molecule has 0 nitrogen and oxygen atoms in total. The Bertz CT molecular complexity index is 361. The van der Waals surface area contributed by atoms with Crippen molar-refractivity contribution in [2.75, 3.05) is 0 Å². The van der Waals surface area contributed by atoms with Gasteiger partial charge in [0.2, 0.25) is 0 Å². The highest BCUT2D eigenvalue weighted by Crippen LogP contribution is 2.14. The van der Waals surface area contributed by atoms with Gasteiger partial charge in [0, 0.05) is 16.7 Å². The molecule has 0 saturated carbocycles. The molecule has 2 rings (SSSR count). The van der Waals surface area contributed by atoms with E-state index in [1.165, 1.54) is 17.0 Å². The van der Waals surface area contributed by atoms with Crippen molar-refractivity contribution in [3.8, 4) is 0 Å². The van der Waals surface area contributed by atoms with Crippen molar-refractivity contribution in [3.05, 3.63) is 58.0 Å². The lowest BCUT2D eigenvalue weighted by Gasteiger charge is -1.97. The maximum absolute atomic E-state index is 12.6. The third-order valence-corrected chi connectivity index (χ3v) is 2.62. The van der Waals surface area contributed by atoms with E-state index in [-0.39, 0.29) is 5.82 Å². The quantitative estimate of drug-likeness (QED) is 0.683. The number of halogens is 1. The second-order valence-electron chi connectivity index (χ2n) is 2.82. The molecule has 2 heteroatoms. The van der Waals surface area contributed by atoms with Gasteiger partial charge < -0.3 is 0 Å². The van der Waals surface area contributed by atoms with E-state index < -0.39 is 0 Å². The van der Waals surface area contributed by atoms with Crippen molar-refractivity contribution < 1.29 is 4.39 Å². The summed E-state index contributed by atoms with van der Waals surface area (Å²) in [6.45, 7) is 0. The van der Waals surface area contributed by atoms with Crippen molar-refractivity contribution in [2.45, 2.75) is 6.42 Å². The zero-order valence-corrected chi connectivity index (χ0v) is 7.77. The van der Waals surface area contributed by atoms with Crippen LogP contribution in [0.5, 0.6) is 0 Å². The van der Waals surface area contributed by atoms with Crippen molar-refractivity contribution >= 4 is 11.3 Å². The predicted octanol–water partition coefficient (Wildman–Crippen LogP) is 3.28. The van der Waals surface area contributed by atoms with Gasteiger partial charge in [0.1, 0.15) is 5.82 Å². The van der Waals surface area contributed by atoms with Crippen molar-refractivity contribution in [3.63, 3.8) is 0 Å². The molecule has 0 saturated heterocycles. The average molecular weight is 191 g/mol. The van der Waals surface area contributed by atoms with Crippen molar-refractivity contribution in [2.24, 2.45) is 0 Å². The highest BCUT2D eigenvalue weighted by molar-refractivity contribution is 7.09. The molecule has 1 aromatic heterocycles. The zero-order chi connectivity index (χ0) is 9.10. The Morgan fingerprint density at radius 3 is 2.54 bits per heavy atom. The van der Waals surface area contributed by atoms with Crippen LogP contribution in [0.25, 0.3) is 0 Å². The van der Waals surface area contributed by atoms with Gasteiger partial charge in [-0.2, -0.15) is 0 Å². The maximum atomic E-state index is 12.6. The summed E-state index contributed by atoms with van der Waals surface area (Å²) < 4.78 is 12.6. The first kappa shape index (κ1) is 8.45. The van der Waals surface area contributed by atoms with Crippen LogP contribution in [0.2, 0.25) is 0 Å². The molecular formula is C11H8FS. The Balaban J connectivity index is 2.15. The second kappa shape index (κ2) is 3.71. The molecule has 65 valence electrons. The normalized spacial score (nSPS) is 10.2. The summed E-state index contributed by atoms with van der Waals surface area (Å²) in [5.41, 5.74) is 1.14. The molecule has 0 N–H and O–H groups in total. The molecule has 1 heterocycles. The fourth-order valence-electron chi connectivity index (χ4n) is 1.17. The average Bonchev–Trinajstić information content (AvgIpc) is 2.62. The lowest BCUT2D eigenvalue weighted by molar-refractivity contribution is 0.627. The van der Waals surface area contributed by atoms with Crippen LogP contribution in [0.3, 0.4) is 0 Å². The highest BCUT2D eigenvalue weighted by Gasteiger charge is 1.97. The summed E-state index contributed by atoms with van der Waals surface area (Å²) in [5, 5.41) is 3.03. The Morgan fingerprint density at radius 1 is 1.15 bits per heavy atom. The Labute approximate surface area is 80.7 Å². The highest BCUT2D eigenvalue weighted by atomic mass is 32.1. The van der Waals surface area contributed by atoms with E-state index in [4.69, 9.17) is 0 Å². The number of hydrogen-bond acceptors (Lipinski definition) is 1. The van der Waals surface area contributed by atoms with Crippen LogP contribution in [0.1, 0.15) is 10.4 Å². The minimum Gasteiger partial charge on any atom is -0.207 e. The number of thiophene rings is 1. The van der Waals surface area contributed by atoms with Gasteiger partial charge in [-0.25, -0.2) is 4.39 Å². The maximum Gasteiger partial charge on any atom is 0.123 e. The number of hydrogen-bond donors (Lipinski definition) is 0. The van der Waals surface area contributed by atoms with Crippen LogP contribution in [-0.4, -0.2) is 0 Å². The Morgan fingerprint density at radius 2 is 1.92 bits per heavy atom. The molecule has 1 aromatic carbocycles. The molecule has 0 bridgehead atoms. The van der Waals surface area contributed by atoms with E-state index in [9.17, 15) is 4.39 Å². The minimum atomic E-state index is -0.179. The Hall–Kier alpha value is -1.15. The van der Waals surface area contributed by atoms with Crippen LogP contribution in [0, 0.1) is 11.2 Å². The smallest absolute Gasteiger partial charge is 0.123 e. The fraction of sp³-hybridized carbons (Fsp3) is 0.0909. The van der Waals surface area contributed by atoms with Crippen LogP contribution in [0.15, 0.2) is 36.4 Å². The van der Waals surface area contributed by atoms with Crippen LogP contribution < -0.4 is 0 Å². The largest absolute Gasteiger partial charge is 0.207 e. The van der Waals surface area contributed by atoms with Gasteiger partial charge in [-0.1, -0.05) is 12.1 Å². The molecule has 0 aliphatic heterocycles. The summed E-state index contributed by atoms with van der Waals surface area (Å²) in [6, 6.07) is 10.6. The van der Waals surface area contributed by atoms with E-state index in [1.54, 1.807) is 11.3 Å². The summed E-state index contributed by atoms with van der Waals surface area (Å²) >= 11 is 1.60. The van der Waals surface area contributed by atoms with Gasteiger partial charge in [-0.05, 0) is 29.8 Å². The van der Waals surface area contributed by atoms with Crippen LogP contribution in [-0.2, 0) is 6.42 Å². The van der Waals surface area contributed by atoms with Gasteiger partial charge in [-0.3, -0.25) is 0 Å². The number of benzene rings is 1. The lowest BCUT2D eigenvalue weighted by atomic mass is 10.1. The summed E-state index contributed by atoms with van der Waals surface area (Å²) in [6.07, 6.45) is 0.869. The summed E-state index contributed by atoms with van der Waals surface area (Å²) in [7, 11) is 0. The topological polar surface area (TPSA) is 0 Å². The van der Waals surface area contributed by atoms with Gasteiger partial charge in [-0.15, -0.1) is 11.3 Å². The monoisotopic (exact) mass is 191 g/mol. The van der Waals surface area contributed by atoms with Gasteiger partial charge >= 0.3 is 0 Å². The zero-order valence-electron chi connectivity index (χ0n) is 6.96. The molecule has 2 aromatic rings. The number of rotatable bonds is 2. The molecule has 0 aliphatic carbocycles. The van der Waals surface area contributed by atoms with Crippen LogP contribution in [0.4, 0.5) is 4.39 Å². The van der Waals surface area contributed by atoms with E-state index in [2.05, 4.69) is 5.38 Å². The lowest BCUT2D eigenvalue weighted by Crippen LogP contribution is -1.84. The fourth-order valence-corrected chi connectivity index (χ4v) is 1.83. The van der Waals surface area contributed by atoms with Gasteiger partial charge in [0.15, 0.2) is 0 Å².